The van der Waals surface area contributed by atoms with Crippen molar-refractivity contribution in [2.45, 2.75) is 6.42 Å². The van der Waals surface area contributed by atoms with Gasteiger partial charge in [-0.25, -0.2) is 0 Å². The van der Waals surface area contributed by atoms with Crippen molar-refractivity contribution in [2.24, 2.45) is 5.92 Å². The lowest BCUT2D eigenvalue weighted by Crippen LogP contribution is -2.50. The Bertz CT molecular complexity index is 973. The highest BCUT2D eigenvalue weighted by Crippen LogP contribution is 2.32. The van der Waals surface area contributed by atoms with Gasteiger partial charge in [-0.3, -0.25) is 19.7 Å². The molecule has 0 aliphatic carbocycles. The molecule has 1 atom stereocenters. The van der Waals surface area contributed by atoms with Gasteiger partial charge < -0.3 is 14.7 Å². The Balaban J connectivity index is 1.36. The molecule has 2 aliphatic heterocycles. The van der Waals surface area contributed by atoms with Gasteiger partial charge in [0.1, 0.15) is 0 Å². The summed E-state index contributed by atoms with van der Waals surface area (Å²) in [4.78, 5) is 41.5. The third-order valence-electron chi connectivity index (χ3n) is 5.63. The van der Waals surface area contributed by atoms with E-state index in [2.05, 4.69) is 20.8 Å². The maximum atomic E-state index is 13.0. The van der Waals surface area contributed by atoms with E-state index in [0.29, 0.717) is 32.7 Å². The van der Waals surface area contributed by atoms with Crippen molar-refractivity contribution in [1.29, 1.82) is 0 Å². The van der Waals surface area contributed by atoms with E-state index in [-0.39, 0.29) is 29.8 Å². The third-order valence-corrected chi connectivity index (χ3v) is 6.31. The third kappa shape index (κ3) is 4.02. The minimum absolute atomic E-state index is 0.0150. The highest BCUT2D eigenvalue weighted by Gasteiger charge is 2.38. The fourth-order valence-corrected chi connectivity index (χ4v) is 4.50. The van der Waals surface area contributed by atoms with Crippen LogP contribution in [0.15, 0.2) is 53.0 Å². The largest absolute Gasteiger partial charge is 0.368 e. The van der Waals surface area contributed by atoms with Crippen molar-refractivity contribution in [3.05, 3.63) is 63.1 Å². The van der Waals surface area contributed by atoms with Crippen LogP contribution in [0.25, 0.3) is 0 Å². The summed E-state index contributed by atoms with van der Waals surface area (Å²) in [7, 11) is 0. The average molecular weight is 473 g/mol. The number of anilines is 2. The molecule has 156 valence electrons. The Morgan fingerprint density at radius 1 is 1.03 bits per heavy atom. The molecule has 2 heterocycles. The molecule has 2 aromatic rings. The molecule has 2 saturated heterocycles. The van der Waals surface area contributed by atoms with Crippen LogP contribution in [-0.4, -0.2) is 54.4 Å². The topological polar surface area (TPSA) is 87.0 Å². The first kappa shape index (κ1) is 20.3. The van der Waals surface area contributed by atoms with Gasteiger partial charge in [-0.15, -0.1) is 0 Å². The molecule has 0 radical (unpaired) electrons. The SMILES string of the molecule is O=C(C1CC(=O)N(c2ccccc2Br)C1)N1CCN(c2ccc([N+](=O)[O-])cc2)CC1. The van der Waals surface area contributed by atoms with Crippen LogP contribution in [0.3, 0.4) is 0 Å². The number of rotatable bonds is 4. The first-order chi connectivity index (χ1) is 14.4. The van der Waals surface area contributed by atoms with E-state index in [1.165, 1.54) is 12.1 Å². The number of nitro groups is 1. The number of non-ortho nitro benzene ring substituents is 1. The quantitative estimate of drug-likeness (QED) is 0.503. The highest BCUT2D eigenvalue weighted by molar-refractivity contribution is 9.10. The summed E-state index contributed by atoms with van der Waals surface area (Å²) in [5.74, 6) is -0.360. The van der Waals surface area contributed by atoms with Crippen LogP contribution >= 0.6 is 15.9 Å². The van der Waals surface area contributed by atoms with Crippen molar-refractivity contribution in [2.75, 3.05) is 42.5 Å². The van der Waals surface area contributed by atoms with Gasteiger partial charge in [0.05, 0.1) is 16.5 Å². The van der Waals surface area contributed by atoms with E-state index in [9.17, 15) is 19.7 Å². The minimum atomic E-state index is -0.416. The van der Waals surface area contributed by atoms with Crippen molar-refractivity contribution in [3.63, 3.8) is 0 Å². The highest BCUT2D eigenvalue weighted by atomic mass is 79.9. The van der Waals surface area contributed by atoms with E-state index < -0.39 is 4.92 Å². The molecule has 0 spiro atoms. The van der Waals surface area contributed by atoms with Gasteiger partial charge in [0.2, 0.25) is 11.8 Å². The molecule has 0 saturated carbocycles. The maximum absolute atomic E-state index is 13.0. The van der Waals surface area contributed by atoms with Crippen LogP contribution in [0, 0.1) is 16.0 Å². The maximum Gasteiger partial charge on any atom is 0.269 e. The first-order valence-corrected chi connectivity index (χ1v) is 10.6. The fourth-order valence-electron chi connectivity index (χ4n) is 4.00. The monoisotopic (exact) mass is 472 g/mol. The Morgan fingerprint density at radius 2 is 1.70 bits per heavy atom. The Hall–Kier alpha value is -2.94. The molecule has 0 N–H and O–H groups in total. The Labute approximate surface area is 182 Å². The molecule has 2 fully saturated rings. The number of halogens is 1. The zero-order valence-electron chi connectivity index (χ0n) is 16.2. The number of carbonyl (C=O) groups is 2. The average Bonchev–Trinajstić information content (AvgIpc) is 3.15. The zero-order valence-corrected chi connectivity index (χ0v) is 17.8. The number of amides is 2. The molecular weight excluding hydrogens is 452 g/mol. The van der Waals surface area contributed by atoms with Crippen LogP contribution < -0.4 is 9.80 Å². The van der Waals surface area contributed by atoms with Crippen LogP contribution in [0.5, 0.6) is 0 Å². The molecule has 2 aromatic carbocycles. The van der Waals surface area contributed by atoms with E-state index in [0.717, 1.165) is 15.8 Å². The minimum Gasteiger partial charge on any atom is -0.368 e. The molecule has 4 rings (SSSR count). The molecule has 30 heavy (non-hydrogen) atoms. The summed E-state index contributed by atoms with van der Waals surface area (Å²) in [5.41, 5.74) is 1.76. The van der Waals surface area contributed by atoms with Crippen LogP contribution in [0.1, 0.15) is 6.42 Å². The van der Waals surface area contributed by atoms with Crippen molar-refractivity contribution >= 4 is 44.8 Å². The van der Waals surface area contributed by atoms with Gasteiger partial charge >= 0.3 is 0 Å². The lowest BCUT2D eigenvalue weighted by atomic mass is 10.1. The number of hydrogen-bond donors (Lipinski definition) is 0. The molecule has 0 aromatic heterocycles. The summed E-state index contributed by atoms with van der Waals surface area (Å²) in [6.07, 6.45) is 0.225. The number of nitrogens with zero attached hydrogens (tertiary/aromatic N) is 4. The first-order valence-electron chi connectivity index (χ1n) is 9.77. The predicted molar refractivity (Wildman–Crippen MR) is 116 cm³/mol. The van der Waals surface area contributed by atoms with Crippen molar-refractivity contribution < 1.29 is 14.5 Å². The zero-order chi connectivity index (χ0) is 21.3. The van der Waals surface area contributed by atoms with Crippen molar-refractivity contribution in [1.82, 2.24) is 4.90 Å². The summed E-state index contributed by atoms with van der Waals surface area (Å²) >= 11 is 3.48. The molecule has 1 unspecified atom stereocenters. The second-order valence-electron chi connectivity index (χ2n) is 7.44. The van der Waals surface area contributed by atoms with Gasteiger partial charge in [0.25, 0.3) is 5.69 Å². The van der Waals surface area contributed by atoms with Gasteiger partial charge in [-0.2, -0.15) is 0 Å². The Kier molecular flexibility index (Phi) is 5.72. The molecule has 0 bridgehead atoms. The standard InChI is InChI=1S/C21H21BrN4O4/c22-18-3-1-2-4-19(18)25-14-15(13-20(25)27)21(28)24-11-9-23(10-12-24)16-5-7-17(8-6-16)26(29)30/h1-8,15H,9-14H2. The summed E-state index contributed by atoms with van der Waals surface area (Å²) in [6, 6.07) is 14.0. The summed E-state index contributed by atoms with van der Waals surface area (Å²) < 4.78 is 0.836. The molecular formula is C21H21BrN4O4. The van der Waals surface area contributed by atoms with E-state index in [4.69, 9.17) is 0 Å². The lowest BCUT2D eigenvalue weighted by Gasteiger charge is -2.37. The van der Waals surface area contributed by atoms with Crippen molar-refractivity contribution in [3.8, 4) is 0 Å². The molecule has 2 amide bonds. The van der Waals surface area contributed by atoms with Crippen LogP contribution in [0.4, 0.5) is 17.1 Å². The number of carbonyl (C=O) groups excluding carboxylic acids is 2. The second-order valence-corrected chi connectivity index (χ2v) is 8.30. The second kappa shape index (κ2) is 8.43. The fraction of sp³-hybridized carbons (Fsp3) is 0.333. The van der Waals surface area contributed by atoms with E-state index in [1.807, 2.05) is 29.2 Å². The van der Waals surface area contributed by atoms with Gasteiger partial charge in [-0.05, 0) is 40.2 Å². The molecule has 2 aliphatic rings. The molecule has 9 heteroatoms. The van der Waals surface area contributed by atoms with Gasteiger partial charge in [0.15, 0.2) is 0 Å². The van der Waals surface area contributed by atoms with Gasteiger partial charge in [0, 0.05) is 61.4 Å². The molecule has 8 nitrogen and oxygen atoms in total. The van der Waals surface area contributed by atoms with E-state index >= 15 is 0 Å². The van der Waals surface area contributed by atoms with Crippen LogP contribution in [-0.2, 0) is 9.59 Å². The lowest BCUT2D eigenvalue weighted by molar-refractivity contribution is -0.384. The van der Waals surface area contributed by atoms with E-state index in [1.54, 1.807) is 17.0 Å². The number of nitro benzene ring substituents is 1. The predicted octanol–water partition coefficient (Wildman–Crippen LogP) is 3.06. The number of para-hydroxylation sites is 1. The normalized spacial score (nSPS) is 19.3. The Morgan fingerprint density at radius 3 is 2.33 bits per heavy atom. The van der Waals surface area contributed by atoms with Crippen LogP contribution in [0.2, 0.25) is 0 Å². The number of benzene rings is 2. The number of piperazine rings is 1. The summed E-state index contributed by atoms with van der Waals surface area (Å²) in [6.45, 7) is 2.82. The van der Waals surface area contributed by atoms with Gasteiger partial charge in [-0.1, -0.05) is 12.1 Å². The number of hydrogen-bond acceptors (Lipinski definition) is 5. The summed E-state index contributed by atoms with van der Waals surface area (Å²) in [5, 5.41) is 10.8. The smallest absolute Gasteiger partial charge is 0.269 e.